The van der Waals surface area contributed by atoms with E-state index in [0.717, 1.165) is 56.4 Å². The molecule has 1 aromatic carbocycles. The number of hydrazone groups is 1. The molecule has 1 amide bonds. The van der Waals surface area contributed by atoms with Gasteiger partial charge < -0.3 is 20.3 Å². The average molecular weight is 364 g/mol. The van der Waals surface area contributed by atoms with Gasteiger partial charge in [0.25, 0.3) is 0 Å². The molecule has 1 saturated heterocycles. The van der Waals surface area contributed by atoms with E-state index in [-0.39, 0.29) is 5.91 Å². The lowest BCUT2D eigenvalue weighted by molar-refractivity contribution is -0.906. The number of morpholine rings is 1. The van der Waals surface area contributed by atoms with Crippen LogP contribution in [0.1, 0.15) is 19.4 Å². The Balaban J connectivity index is 1.77. The van der Waals surface area contributed by atoms with Crippen molar-refractivity contribution in [2.24, 2.45) is 5.10 Å². The summed E-state index contributed by atoms with van der Waals surface area (Å²) in [6, 6.07) is 7.53. The van der Waals surface area contributed by atoms with Crippen LogP contribution >= 0.6 is 12.2 Å². The lowest BCUT2D eigenvalue weighted by Crippen LogP contribution is -3.14. The van der Waals surface area contributed by atoms with Gasteiger partial charge in [-0.2, -0.15) is 5.10 Å². The summed E-state index contributed by atoms with van der Waals surface area (Å²) in [7, 11) is 0. The summed E-state index contributed by atoms with van der Waals surface area (Å²) < 4.78 is 5.34. The van der Waals surface area contributed by atoms with Gasteiger partial charge in [-0.1, -0.05) is 12.1 Å². The van der Waals surface area contributed by atoms with E-state index in [2.05, 4.69) is 21.2 Å². The van der Waals surface area contributed by atoms with Crippen molar-refractivity contribution in [1.29, 1.82) is 0 Å². The number of hydrogen-bond acceptors (Lipinski definition) is 4. The summed E-state index contributed by atoms with van der Waals surface area (Å²) in [6.45, 7) is 8.93. The Bertz CT molecular complexity index is 629. The number of hydrogen-bond donors (Lipinski definition) is 4. The summed E-state index contributed by atoms with van der Waals surface area (Å²) in [5.41, 5.74) is 5.31. The fourth-order valence-electron chi connectivity index (χ4n) is 2.53. The van der Waals surface area contributed by atoms with Gasteiger partial charge in [0.05, 0.1) is 32.0 Å². The molecule has 7 nitrogen and oxygen atoms in total. The topological polar surface area (TPSA) is 79.2 Å². The molecule has 0 aliphatic carbocycles. The van der Waals surface area contributed by atoms with Crippen LogP contribution in [0.3, 0.4) is 0 Å². The molecular weight excluding hydrogens is 338 g/mol. The number of nitrogens with zero attached hydrogens (tertiary/aromatic N) is 1. The van der Waals surface area contributed by atoms with Crippen LogP contribution in [-0.4, -0.2) is 56.1 Å². The number of thiocarbonyl (C=S) groups is 1. The van der Waals surface area contributed by atoms with E-state index in [1.54, 1.807) is 0 Å². The normalized spacial score (nSPS) is 15.5. The van der Waals surface area contributed by atoms with E-state index >= 15 is 0 Å². The van der Waals surface area contributed by atoms with Gasteiger partial charge in [0, 0.05) is 12.6 Å². The number of carbonyl (C=O) groups excluding carboxylic acids is 1. The molecule has 0 radical (unpaired) electrons. The van der Waals surface area contributed by atoms with Crippen molar-refractivity contribution >= 4 is 34.6 Å². The van der Waals surface area contributed by atoms with Crippen molar-refractivity contribution in [2.75, 3.05) is 44.7 Å². The molecule has 25 heavy (non-hydrogen) atoms. The summed E-state index contributed by atoms with van der Waals surface area (Å²) >= 11 is 5.25. The Kier molecular flexibility index (Phi) is 7.77. The van der Waals surface area contributed by atoms with Gasteiger partial charge in [0.2, 0.25) is 5.91 Å². The van der Waals surface area contributed by atoms with Crippen LogP contribution < -0.4 is 21.0 Å². The summed E-state index contributed by atoms with van der Waals surface area (Å²) in [5, 5.41) is 10.7. The Morgan fingerprint density at radius 3 is 2.80 bits per heavy atom. The number of nitrogens with one attached hydrogen (secondary N) is 4. The Hall–Kier alpha value is -2.03. The first-order valence-corrected chi connectivity index (χ1v) is 8.83. The number of amides is 1. The van der Waals surface area contributed by atoms with E-state index in [9.17, 15) is 4.79 Å². The number of anilines is 1. The first kappa shape index (κ1) is 19.3. The molecule has 0 aromatic heterocycles. The van der Waals surface area contributed by atoms with Crippen LogP contribution in [0.4, 0.5) is 5.69 Å². The molecule has 1 aliphatic heterocycles. The van der Waals surface area contributed by atoms with Gasteiger partial charge in [0.1, 0.15) is 13.1 Å². The van der Waals surface area contributed by atoms with Crippen LogP contribution in [0.2, 0.25) is 0 Å². The third-order valence-corrected chi connectivity index (χ3v) is 4.13. The van der Waals surface area contributed by atoms with E-state index in [0.29, 0.717) is 5.11 Å². The molecule has 1 aliphatic rings. The summed E-state index contributed by atoms with van der Waals surface area (Å²) in [4.78, 5) is 12.7. The predicted octanol–water partition coefficient (Wildman–Crippen LogP) is -0.252. The van der Waals surface area contributed by atoms with Crippen molar-refractivity contribution < 1.29 is 14.4 Å². The Morgan fingerprint density at radius 1 is 1.32 bits per heavy atom. The van der Waals surface area contributed by atoms with Gasteiger partial charge in [-0.05, 0) is 36.8 Å². The molecule has 4 N–H and O–H groups in total. The fourth-order valence-corrected chi connectivity index (χ4v) is 2.67. The van der Waals surface area contributed by atoms with Crippen LogP contribution in [0, 0.1) is 0 Å². The monoisotopic (exact) mass is 364 g/mol. The molecule has 0 atom stereocenters. The van der Waals surface area contributed by atoms with E-state index in [1.165, 1.54) is 11.8 Å². The highest BCUT2D eigenvalue weighted by Gasteiger charge is 2.12. The van der Waals surface area contributed by atoms with Crippen LogP contribution in [0.15, 0.2) is 29.4 Å². The molecule has 0 spiro atoms. The number of benzene rings is 1. The quantitative estimate of drug-likeness (QED) is 0.318. The second-order valence-electron chi connectivity index (χ2n) is 5.94. The maximum atomic E-state index is 11.1. The minimum Gasteiger partial charge on any atom is -0.370 e. The van der Waals surface area contributed by atoms with Crippen LogP contribution in [-0.2, 0) is 9.53 Å². The largest absolute Gasteiger partial charge is 0.370 e. The smallest absolute Gasteiger partial charge is 0.221 e. The van der Waals surface area contributed by atoms with Gasteiger partial charge in [0.15, 0.2) is 5.11 Å². The number of rotatable bonds is 6. The molecular formula is C17H26N5O2S+. The van der Waals surface area contributed by atoms with Gasteiger partial charge in [-0.15, -0.1) is 0 Å². The lowest BCUT2D eigenvalue weighted by Gasteiger charge is -2.23. The van der Waals surface area contributed by atoms with Gasteiger partial charge in [-0.3, -0.25) is 10.2 Å². The number of quaternary nitrogens is 1. The highest BCUT2D eigenvalue weighted by atomic mass is 32.1. The molecule has 136 valence electrons. The van der Waals surface area contributed by atoms with Crippen molar-refractivity contribution in [2.45, 2.75) is 13.8 Å². The second-order valence-corrected chi connectivity index (χ2v) is 6.35. The molecule has 2 rings (SSSR count). The van der Waals surface area contributed by atoms with Crippen molar-refractivity contribution in [3.63, 3.8) is 0 Å². The zero-order valence-corrected chi connectivity index (χ0v) is 15.5. The zero-order chi connectivity index (χ0) is 18.1. The molecule has 8 heteroatoms. The maximum absolute atomic E-state index is 11.1. The summed E-state index contributed by atoms with van der Waals surface area (Å²) in [6.07, 6.45) is 0. The molecule has 1 fully saturated rings. The SMILES string of the molecule is CC(=O)Nc1cccc(/C(C)=N\NC(=S)NCC[NH+]2CCOCC2)c1. The van der Waals surface area contributed by atoms with Gasteiger partial charge in [-0.25, -0.2) is 0 Å². The molecule has 1 aromatic rings. The minimum absolute atomic E-state index is 0.0994. The first-order chi connectivity index (χ1) is 12.0. The Labute approximate surface area is 153 Å². The highest BCUT2D eigenvalue weighted by molar-refractivity contribution is 7.80. The third-order valence-electron chi connectivity index (χ3n) is 3.89. The third kappa shape index (κ3) is 7.16. The number of carbonyl (C=O) groups is 1. The van der Waals surface area contributed by atoms with E-state index in [4.69, 9.17) is 17.0 Å². The maximum Gasteiger partial charge on any atom is 0.221 e. The number of ether oxygens (including phenoxy) is 1. The zero-order valence-electron chi connectivity index (χ0n) is 14.7. The molecule has 0 bridgehead atoms. The first-order valence-electron chi connectivity index (χ1n) is 8.42. The lowest BCUT2D eigenvalue weighted by atomic mass is 10.1. The molecule has 1 heterocycles. The standard InChI is InChI=1S/C17H25N5O2S/c1-13(15-4-3-5-16(12-15)19-14(2)23)20-21-17(25)18-6-7-22-8-10-24-11-9-22/h3-5,12H,6-11H2,1-2H3,(H,19,23)(H2,18,21,25)/p+1/b20-13-. The van der Waals surface area contributed by atoms with Crippen molar-refractivity contribution in [3.8, 4) is 0 Å². The predicted molar refractivity (Wildman–Crippen MR) is 103 cm³/mol. The van der Waals surface area contributed by atoms with Crippen molar-refractivity contribution in [1.82, 2.24) is 10.7 Å². The highest BCUT2D eigenvalue weighted by Crippen LogP contribution is 2.11. The van der Waals surface area contributed by atoms with E-state index in [1.807, 2.05) is 31.2 Å². The molecule has 0 saturated carbocycles. The molecule has 0 unspecified atom stereocenters. The summed E-state index contributed by atoms with van der Waals surface area (Å²) in [5.74, 6) is -0.0994. The minimum atomic E-state index is -0.0994. The fraction of sp³-hybridized carbons (Fsp3) is 0.471. The van der Waals surface area contributed by atoms with Crippen LogP contribution in [0.5, 0.6) is 0 Å². The average Bonchev–Trinajstić information content (AvgIpc) is 2.60. The second kappa shape index (κ2) is 10.1. The van der Waals surface area contributed by atoms with Crippen LogP contribution in [0.25, 0.3) is 0 Å². The Morgan fingerprint density at radius 2 is 2.08 bits per heavy atom. The van der Waals surface area contributed by atoms with Gasteiger partial charge >= 0.3 is 0 Å². The van der Waals surface area contributed by atoms with Crippen molar-refractivity contribution in [3.05, 3.63) is 29.8 Å². The van der Waals surface area contributed by atoms with E-state index < -0.39 is 0 Å².